The van der Waals surface area contributed by atoms with Crippen molar-refractivity contribution >= 4 is 33.9 Å². The zero-order chi connectivity index (χ0) is 23.4. The van der Waals surface area contributed by atoms with Gasteiger partial charge in [0.2, 0.25) is 0 Å². The van der Waals surface area contributed by atoms with Crippen molar-refractivity contribution in [3.05, 3.63) is 127 Å². The number of ether oxygens (including phenoxy) is 2. The maximum Gasteiger partial charge on any atom is 0.133 e. The maximum atomic E-state index is 6.07. The first-order chi connectivity index (χ1) is 16.8. The fraction of sp³-hybridized carbons (Fsp3) is 0.0968. The van der Waals surface area contributed by atoms with E-state index in [2.05, 4.69) is 115 Å². The van der Waals surface area contributed by atoms with Crippen LogP contribution in [0, 0.1) is 0 Å². The Balaban J connectivity index is 0.00000289. The zero-order valence-corrected chi connectivity index (χ0v) is 22.4. The number of methoxy groups -OCH3 is 2. The fourth-order valence-corrected chi connectivity index (χ4v) is 9.15. The molecule has 0 fully saturated rings. The Bertz CT molecular complexity index is 1290. The fourth-order valence-electron chi connectivity index (χ4n) is 4.92. The van der Waals surface area contributed by atoms with Crippen LogP contribution in [0.15, 0.2) is 121 Å². The van der Waals surface area contributed by atoms with E-state index in [0.717, 1.165) is 34.0 Å². The summed E-state index contributed by atoms with van der Waals surface area (Å²) in [5.74, 6) is 1.79. The third-order valence-electron chi connectivity index (χ3n) is 6.46. The highest BCUT2D eigenvalue weighted by molar-refractivity contribution is 7.95. The van der Waals surface area contributed by atoms with Crippen LogP contribution in [0.5, 0.6) is 11.5 Å². The number of fused-ring (bicyclic) bond motifs is 1. The predicted octanol–water partition coefficient (Wildman–Crippen LogP) is 3.36. The lowest BCUT2D eigenvalue weighted by Gasteiger charge is -2.29. The Morgan fingerprint density at radius 3 is 1.40 bits per heavy atom. The van der Waals surface area contributed by atoms with E-state index in [0.29, 0.717) is 0 Å². The minimum absolute atomic E-state index is 0. The van der Waals surface area contributed by atoms with Gasteiger partial charge in [0.1, 0.15) is 40.8 Å². The van der Waals surface area contributed by atoms with Crippen LogP contribution in [0.2, 0.25) is 0 Å². The minimum Gasteiger partial charge on any atom is -1.00 e. The Morgan fingerprint density at radius 1 is 0.543 bits per heavy atom. The quantitative estimate of drug-likeness (QED) is 0.294. The van der Waals surface area contributed by atoms with Gasteiger partial charge in [0.05, 0.1) is 14.2 Å². The lowest BCUT2D eigenvalue weighted by atomic mass is 10.0. The number of benzene rings is 5. The molecule has 0 N–H and O–H groups in total. The summed E-state index contributed by atoms with van der Waals surface area (Å²) >= 11 is 0. The van der Waals surface area contributed by atoms with Crippen molar-refractivity contribution in [2.45, 2.75) is 6.16 Å². The molecule has 0 radical (unpaired) electrons. The Kier molecular flexibility index (Phi) is 7.90. The molecule has 0 aliphatic rings. The highest BCUT2D eigenvalue weighted by Gasteiger charge is 2.46. The largest absolute Gasteiger partial charge is 1.00 e. The Hall–Kier alpha value is -3.13. The third-order valence-corrected chi connectivity index (χ3v) is 10.8. The van der Waals surface area contributed by atoms with Gasteiger partial charge in [-0.05, 0) is 42.5 Å². The van der Waals surface area contributed by atoms with Gasteiger partial charge in [-0.25, -0.2) is 0 Å². The molecule has 0 heterocycles. The first-order valence-electron chi connectivity index (χ1n) is 11.5. The van der Waals surface area contributed by atoms with Crippen molar-refractivity contribution in [2.75, 3.05) is 14.2 Å². The molecule has 0 aromatic heterocycles. The number of hydrogen-bond acceptors (Lipinski definition) is 2. The molecule has 5 aromatic rings. The average Bonchev–Trinajstić information content (AvgIpc) is 2.92. The Labute approximate surface area is 218 Å². The van der Waals surface area contributed by atoms with Crippen LogP contribution in [0.1, 0.15) is 5.56 Å². The van der Waals surface area contributed by atoms with E-state index in [1.807, 2.05) is 6.07 Å². The van der Waals surface area contributed by atoms with Crippen molar-refractivity contribution in [3.8, 4) is 11.5 Å². The lowest BCUT2D eigenvalue weighted by Crippen LogP contribution is -3.00. The normalized spacial score (nSPS) is 11.0. The van der Waals surface area contributed by atoms with Gasteiger partial charge >= 0.3 is 0 Å². The van der Waals surface area contributed by atoms with Gasteiger partial charge in [0.25, 0.3) is 0 Å². The topological polar surface area (TPSA) is 18.5 Å². The summed E-state index contributed by atoms with van der Waals surface area (Å²) in [6.45, 7) is 0. The van der Waals surface area contributed by atoms with Gasteiger partial charge in [0.15, 0.2) is 0 Å². The molecule has 5 aromatic carbocycles. The third kappa shape index (κ3) is 4.59. The lowest BCUT2D eigenvalue weighted by molar-refractivity contribution is -0.00000711. The first-order valence-corrected chi connectivity index (χ1v) is 13.4. The van der Waals surface area contributed by atoms with Crippen molar-refractivity contribution in [1.29, 1.82) is 0 Å². The molecular formula is C31H28BrO2P. The molecule has 0 bridgehead atoms. The minimum atomic E-state index is -2.06. The van der Waals surface area contributed by atoms with Crippen LogP contribution in [-0.4, -0.2) is 14.2 Å². The highest BCUT2D eigenvalue weighted by atomic mass is 79.9. The smallest absolute Gasteiger partial charge is 0.133 e. The van der Waals surface area contributed by atoms with Crippen molar-refractivity contribution in [3.63, 3.8) is 0 Å². The predicted molar refractivity (Wildman–Crippen MR) is 146 cm³/mol. The summed E-state index contributed by atoms with van der Waals surface area (Å²) in [5.41, 5.74) is 1.16. The van der Waals surface area contributed by atoms with Gasteiger partial charge in [-0.2, -0.15) is 0 Å². The molecule has 0 unspecified atom stereocenters. The van der Waals surface area contributed by atoms with E-state index in [1.165, 1.54) is 15.9 Å². The van der Waals surface area contributed by atoms with E-state index >= 15 is 0 Å². The highest BCUT2D eigenvalue weighted by Crippen LogP contribution is 2.59. The summed E-state index contributed by atoms with van der Waals surface area (Å²) in [7, 11) is 1.45. The molecule has 0 aliphatic carbocycles. The first kappa shape index (κ1) is 25.0. The number of hydrogen-bond donors (Lipinski definition) is 0. The standard InChI is InChI=1S/C31H28O2P.BrH/c1-32-30-22-24(31(33-2)29-21-13-12-20-28(29)30)23-34(25-14-6-3-7-15-25,26-16-8-4-9-17-26)27-18-10-5-11-19-27;/h3-22H,23H2,1-2H3;1H/q+1;/p-1. The summed E-state index contributed by atoms with van der Waals surface area (Å²) in [6, 6.07) is 43.3. The molecule has 0 aliphatic heterocycles. The Morgan fingerprint density at radius 2 is 0.971 bits per heavy atom. The van der Waals surface area contributed by atoms with Gasteiger partial charge < -0.3 is 26.5 Å². The molecule has 4 heteroatoms. The molecule has 0 saturated carbocycles. The molecule has 35 heavy (non-hydrogen) atoms. The monoisotopic (exact) mass is 542 g/mol. The molecule has 0 saturated heterocycles. The van der Waals surface area contributed by atoms with Crippen molar-refractivity contribution in [1.82, 2.24) is 0 Å². The van der Waals surface area contributed by atoms with Gasteiger partial charge in [0, 0.05) is 16.3 Å². The number of halogens is 1. The summed E-state index contributed by atoms with van der Waals surface area (Å²) in [5, 5.41) is 6.19. The second kappa shape index (κ2) is 11.1. The molecule has 0 atom stereocenters. The van der Waals surface area contributed by atoms with Gasteiger partial charge in [-0.1, -0.05) is 78.9 Å². The van der Waals surface area contributed by atoms with Crippen LogP contribution in [-0.2, 0) is 6.16 Å². The second-order valence-corrected chi connectivity index (χ2v) is 11.8. The van der Waals surface area contributed by atoms with E-state index < -0.39 is 7.26 Å². The van der Waals surface area contributed by atoms with E-state index in [4.69, 9.17) is 9.47 Å². The van der Waals surface area contributed by atoms with E-state index in [-0.39, 0.29) is 17.0 Å². The maximum absolute atomic E-state index is 6.07. The molecular weight excluding hydrogens is 515 g/mol. The van der Waals surface area contributed by atoms with Crippen LogP contribution in [0.25, 0.3) is 10.8 Å². The summed E-state index contributed by atoms with van der Waals surface area (Å²) in [4.78, 5) is 0. The SMILES string of the molecule is COc1cc(C[P+](c2ccccc2)(c2ccccc2)c2ccccc2)c(OC)c2ccccc12.[Br-]. The van der Waals surface area contributed by atoms with E-state index in [9.17, 15) is 0 Å². The van der Waals surface area contributed by atoms with Crippen LogP contribution in [0.3, 0.4) is 0 Å². The second-order valence-electron chi connectivity index (χ2n) is 8.29. The summed E-state index contributed by atoms with van der Waals surface area (Å²) in [6.07, 6.45) is 0.829. The molecule has 5 rings (SSSR count). The molecule has 0 amide bonds. The van der Waals surface area contributed by atoms with Crippen LogP contribution < -0.4 is 42.4 Å². The molecule has 2 nitrogen and oxygen atoms in total. The van der Waals surface area contributed by atoms with E-state index in [1.54, 1.807) is 14.2 Å². The van der Waals surface area contributed by atoms with Gasteiger partial charge in [-0.3, -0.25) is 0 Å². The molecule has 176 valence electrons. The van der Waals surface area contributed by atoms with Crippen molar-refractivity contribution in [2.24, 2.45) is 0 Å². The van der Waals surface area contributed by atoms with Crippen molar-refractivity contribution < 1.29 is 26.5 Å². The van der Waals surface area contributed by atoms with Gasteiger partial charge in [-0.15, -0.1) is 0 Å². The average molecular weight is 543 g/mol. The van der Waals surface area contributed by atoms with Crippen LogP contribution in [0.4, 0.5) is 0 Å². The summed E-state index contributed by atoms with van der Waals surface area (Å²) < 4.78 is 11.9. The molecule has 0 spiro atoms. The number of rotatable bonds is 7. The zero-order valence-electron chi connectivity index (χ0n) is 19.9. The van der Waals surface area contributed by atoms with Crippen LogP contribution >= 0.6 is 7.26 Å².